The minimum atomic E-state index is -4.12. The van der Waals surface area contributed by atoms with Crippen molar-refractivity contribution < 1.29 is 18.0 Å². The van der Waals surface area contributed by atoms with E-state index in [-0.39, 0.29) is 23.0 Å². The van der Waals surface area contributed by atoms with Crippen LogP contribution in [0.15, 0.2) is 83.8 Å². The van der Waals surface area contributed by atoms with E-state index in [0.29, 0.717) is 16.6 Å². The molecule has 1 atom stereocenters. The molecule has 2 amide bonds. The summed E-state index contributed by atoms with van der Waals surface area (Å²) in [5.74, 6) is -0.900. The Labute approximate surface area is 221 Å². The highest BCUT2D eigenvalue weighted by Crippen LogP contribution is 2.27. The molecule has 0 radical (unpaired) electrons. The molecule has 0 saturated heterocycles. The molecule has 0 bridgehead atoms. The smallest absolute Gasteiger partial charge is 0.264 e. The normalized spacial score (nSPS) is 12.0. The highest BCUT2D eigenvalue weighted by atomic mass is 35.5. The number of rotatable bonds is 10. The van der Waals surface area contributed by atoms with E-state index in [9.17, 15) is 18.0 Å². The fourth-order valence-corrected chi connectivity index (χ4v) is 5.31. The van der Waals surface area contributed by atoms with Crippen LogP contribution in [0.4, 0.5) is 5.69 Å². The first kappa shape index (κ1) is 27.5. The van der Waals surface area contributed by atoms with Crippen molar-refractivity contribution in [1.29, 1.82) is 0 Å². The molecule has 7 nitrogen and oxygen atoms in total. The van der Waals surface area contributed by atoms with Gasteiger partial charge in [0.25, 0.3) is 10.0 Å². The van der Waals surface area contributed by atoms with Crippen LogP contribution in [0.5, 0.6) is 0 Å². The van der Waals surface area contributed by atoms with Crippen molar-refractivity contribution in [2.45, 2.75) is 31.3 Å². The molecule has 36 heavy (non-hydrogen) atoms. The molecular weight excluding hydrogens is 521 g/mol. The maximum atomic E-state index is 13.7. The number of sulfonamides is 1. The van der Waals surface area contributed by atoms with Crippen molar-refractivity contribution in [3.05, 3.63) is 94.5 Å². The van der Waals surface area contributed by atoms with Gasteiger partial charge >= 0.3 is 0 Å². The predicted molar refractivity (Wildman–Crippen MR) is 143 cm³/mol. The molecule has 0 heterocycles. The van der Waals surface area contributed by atoms with Gasteiger partial charge in [0, 0.05) is 23.1 Å². The van der Waals surface area contributed by atoms with Gasteiger partial charge in [0.2, 0.25) is 11.8 Å². The Hall–Kier alpha value is -3.07. The Kier molecular flexibility index (Phi) is 9.37. The third-order valence-electron chi connectivity index (χ3n) is 5.49. The fourth-order valence-electron chi connectivity index (χ4n) is 3.57. The first-order valence-electron chi connectivity index (χ1n) is 11.3. The summed E-state index contributed by atoms with van der Waals surface area (Å²) < 4.78 is 28.3. The predicted octanol–water partition coefficient (Wildman–Crippen LogP) is 4.74. The van der Waals surface area contributed by atoms with Crippen molar-refractivity contribution in [3.63, 3.8) is 0 Å². The van der Waals surface area contributed by atoms with Crippen molar-refractivity contribution in [3.8, 4) is 0 Å². The summed E-state index contributed by atoms with van der Waals surface area (Å²) in [4.78, 5) is 27.7. The maximum Gasteiger partial charge on any atom is 0.264 e. The largest absolute Gasteiger partial charge is 0.355 e. The monoisotopic (exact) mass is 547 g/mol. The number of halogens is 2. The summed E-state index contributed by atoms with van der Waals surface area (Å²) in [5.41, 5.74) is 0.973. The van der Waals surface area contributed by atoms with Crippen LogP contribution in [0.1, 0.15) is 19.4 Å². The number of hydrogen-bond acceptors (Lipinski definition) is 4. The van der Waals surface area contributed by atoms with Crippen LogP contribution < -0.4 is 9.62 Å². The first-order valence-corrected chi connectivity index (χ1v) is 13.5. The van der Waals surface area contributed by atoms with Crippen molar-refractivity contribution in [1.82, 2.24) is 10.2 Å². The number of nitrogens with one attached hydrogen (secondary N) is 1. The maximum absolute atomic E-state index is 13.7. The van der Waals surface area contributed by atoms with Gasteiger partial charge in [-0.1, -0.05) is 59.6 Å². The number of anilines is 1. The Morgan fingerprint density at radius 1 is 0.917 bits per heavy atom. The summed E-state index contributed by atoms with van der Waals surface area (Å²) in [5, 5.41) is 3.58. The average molecular weight is 548 g/mol. The standard InChI is InChI=1S/C26H27Cl2N3O4S/c1-3-29-26(33)19(2)30(17-20-12-14-21(27)15-13-20)25(32)18-31(23-9-7-8-22(28)16-23)36(34,35)24-10-5-4-6-11-24/h4-16,19H,3,17-18H2,1-2H3,(H,29,33). The van der Waals surface area contributed by atoms with E-state index in [1.165, 1.54) is 23.1 Å². The molecule has 190 valence electrons. The van der Waals surface area contributed by atoms with Crippen molar-refractivity contribution in [2.24, 2.45) is 0 Å². The summed E-state index contributed by atoms with van der Waals surface area (Å²) in [6, 6.07) is 20.1. The van der Waals surface area contributed by atoms with Gasteiger partial charge in [-0.05, 0) is 61.9 Å². The van der Waals surface area contributed by atoms with Crippen LogP contribution in [-0.2, 0) is 26.2 Å². The number of amides is 2. The lowest BCUT2D eigenvalue weighted by Gasteiger charge is -2.32. The molecule has 0 spiro atoms. The summed E-state index contributed by atoms with van der Waals surface area (Å²) in [6.07, 6.45) is 0. The molecule has 0 aromatic heterocycles. The second-order valence-corrected chi connectivity index (χ2v) is 10.8. The van der Waals surface area contributed by atoms with Crippen molar-refractivity contribution >= 4 is 50.7 Å². The molecule has 3 rings (SSSR count). The zero-order valence-electron chi connectivity index (χ0n) is 19.9. The van der Waals surface area contributed by atoms with Gasteiger partial charge in [-0.3, -0.25) is 13.9 Å². The minimum Gasteiger partial charge on any atom is -0.355 e. The Morgan fingerprint density at radius 3 is 2.19 bits per heavy atom. The van der Waals surface area contributed by atoms with Crippen LogP contribution in [0, 0.1) is 0 Å². The van der Waals surface area contributed by atoms with Gasteiger partial charge in [0.1, 0.15) is 12.6 Å². The zero-order chi connectivity index (χ0) is 26.3. The molecule has 10 heteroatoms. The van der Waals surface area contributed by atoms with E-state index in [4.69, 9.17) is 23.2 Å². The average Bonchev–Trinajstić information content (AvgIpc) is 2.87. The lowest BCUT2D eigenvalue weighted by molar-refractivity contribution is -0.139. The highest BCUT2D eigenvalue weighted by Gasteiger charge is 2.32. The quantitative estimate of drug-likeness (QED) is 0.397. The number of nitrogens with zero attached hydrogens (tertiary/aromatic N) is 2. The van der Waals surface area contributed by atoms with Crippen molar-refractivity contribution in [2.75, 3.05) is 17.4 Å². The lowest BCUT2D eigenvalue weighted by atomic mass is 10.1. The topological polar surface area (TPSA) is 86.8 Å². The number of benzene rings is 3. The molecule has 3 aromatic rings. The zero-order valence-corrected chi connectivity index (χ0v) is 22.2. The fraction of sp³-hybridized carbons (Fsp3) is 0.231. The van der Waals surface area contributed by atoms with Crippen LogP contribution in [0.2, 0.25) is 10.0 Å². The second-order valence-electron chi connectivity index (χ2n) is 8.02. The first-order chi connectivity index (χ1) is 17.1. The van der Waals surface area contributed by atoms with E-state index in [1.807, 2.05) is 0 Å². The molecular formula is C26H27Cl2N3O4S. The third-order valence-corrected chi connectivity index (χ3v) is 7.77. The Morgan fingerprint density at radius 2 is 1.58 bits per heavy atom. The van der Waals surface area contributed by atoms with Crippen LogP contribution >= 0.6 is 23.2 Å². The SMILES string of the molecule is CCNC(=O)C(C)N(Cc1ccc(Cl)cc1)C(=O)CN(c1cccc(Cl)c1)S(=O)(=O)c1ccccc1. The van der Waals surface area contributed by atoms with E-state index < -0.39 is 28.5 Å². The molecule has 0 saturated carbocycles. The number of carbonyl (C=O) groups is 2. The highest BCUT2D eigenvalue weighted by molar-refractivity contribution is 7.92. The number of likely N-dealkylation sites (N-methyl/N-ethyl adjacent to an activating group) is 1. The third kappa shape index (κ3) is 6.78. The van der Waals surface area contributed by atoms with Crippen LogP contribution in [-0.4, -0.2) is 44.3 Å². The van der Waals surface area contributed by atoms with Gasteiger partial charge in [0.05, 0.1) is 10.6 Å². The molecule has 3 aromatic carbocycles. The number of hydrogen-bond donors (Lipinski definition) is 1. The van der Waals surface area contributed by atoms with Crippen LogP contribution in [0.25, 0.3) is 0 Å². The summed E-state index contributed by atoms with van der Waals surface area (Å²) in [7, 11) is -4.12. The molecule has 0 aliphatic rings. The van der Waals surface area contributed by atoms with Crippen LogP contribution in [0.3, 0.4) is 0 Å². The molecule has 1 unspecified atom stereocenters. The Balaban J connectivity index is 2.01. The Bertz CT molecular complexity index is 1300. The molecule has 0 fully saturated rings. The van der Waals surface area contributed by atoms with E-state index >= 15 is 0 Å². The number of carbonyl (C=O) groups excluding carboxylic acids is 2. The second kappa shape index (κ2) is 12.3. The van der Waals surface area contributed by atoms with E-state index in [0.717, 1.165) is 9.87 Å². The molecule has 0 aliphatic heterocycles. The van der Waals surface area contributed by atoms with Gasteiger partial charge in [0.15, 0.2) is 0 Å². The molecule has 1 N–H and O–H groups in total. The van der Waals surface area contributed by atoms with Gasteiger partial charge < -0.3 is 10.2 Å². The molecule has 0 aliphatic carbocycles. The van der Waals surface area contributed by atoms with Gasteiger partial charge in [-0.25, -0.2) is 8.42 Å². The van der Waals surface area contributed by atoms with E-state index in [1.54, 1.807) is 74.5 Å². The lowest BCUT2D eigenvalue weighted by Crippen LogP contribution is -2.51. The minimum absolute atomic E-state index is 0.0267. The summed E-state index contributed by atoms with van der Waals surface area (Å²) in [6.45, 7) is 3.33. The van der Waals surface area contributed by atoms with E-state index in [2.05, 4.69) is 5.32 Å². The van der Waals surface area contributed by atoms with Gasteiger partial charge in [-0.15, -0.1) is 0 Å². The summed E-state index contributed by atoms with van der Waals surface area (Å²) >= 11 is 12.1. The van der Waals surface area contributed by atoms with Gasteiger partial charge in [-0.2, -0.15) is 0 Å².